The summed E-state index contributed by atoms with van der Waals surface area (Å²) in [6.45, 7) is 4.24. The Balaban J connectivity index is 1.50. The van der Waals surface area contributed by atoms with Crippen LogP contribution >= 0.6 is 0 Å². The average molecular weight is 505 g/mol. The fraction of sp³-hybridized carbons (Fsp3) is 0.222. The molecule has 9 heteroatoms. The lowest BCUT2D eigenvalue weighted by molar-refractivity contribution is -0.110. The number of morpholine rings is 1. The second-order valence-electron chi connectivity index (χ2n) is 8.92. The van der Waals surface area contributed by atoms with Crippen molar-refractivity contribution in [2.45, 2.75) is 6.54 Å². The molecule has 1 fully saturated rings. The molecular formula is C27H28N4O4S. The van der Waals surface area contributed by atoms with Crippen molar-refractivity contribution in [1.82, 2.24) is 4.90 Å². The number of amides is 1. The van der Waals surface area contributed by atoms with Crippen LogP contribution in [-0.2, 0) is 26.1 Å². The van der Waals surface area contributed by atoms with E-state index in [4.69, 9.17) is 4.74 Å². The van der Waals surface area contributed by atoms with Crippen LogP contribution in [0, 0.1) is 0 Å². The largest absolute Gasteiger partial charge is 0.379 e. The minimum Gasteiger partial charge on any atom is -0.379 e. The molecule has 3 aromatic rings. The van der Waals surface area contributed by atoms with E-state index >= 15 is 0 Å². The van der Waals surface area contributed by atoms with E-state index in [2.05, 4.69) is 32.4 Å². The highest BCUT2D eigenvalue weighted by Crippen LogP contribution is 2.39. The number of fused-ring (bicyclic) bond motifs is 1. The monoisotopic (exact) mass is 504 g/mol. The van der Waals surface area contributed by atoms with E-state index in [1.165, 1.54) is 5.56 Å². The van der Waals surface area contributed by atoms with Gasteiger partial charge in [-0.2, -0.15) is 0 Å². The third-order valence-electron chi connectivity index (χ3n) is 6.11. The number of nitrogens with zero attached hydrogens (tertiary/aromatic N) is 1. The zero-order valence-corrected chi connectivity index (χ0v) is 20.8. The lowest BCUT2D eigenvalue weighted by Gasteiger charge is -2.26. The normalized spacial score (nSPS) is 17.3. The second-order valence-corrected chi connectivity index (χ2v) is 10.7. The third kappa shape index (κ3) is 5.59. The van der Waals surface area contributed by atoms with E-state index in [-0.39, 0.29) is 5.91 Å². The molecule has 0 aliphatic carbocycles. The van der Waals surface area contributed by atoms with Crippen molar-refractivity contribution in [2.24, 2.45) is 0 Å². The maximum atomic E-state index is 13.1. The number of ether oxygens (including phenoxy) is 1. The lowest BCUT2D eigenvalue weighted by Crippen LogP contribution is -2.35. The van der Waals surface area contributed by atoms with Crippen LogP contribution < -0.4 is 15.4 Å². The fourth-order valence-electron chi connectivity index (χ4n) is 4.43. The van der Waals surface area contributed by atoms with Crippen molar-refractivity contribution in [3.63, 3.8) is 0 Å². The van der Waals surface area contributed by atoms with Gasteiger partial charge in [0.1, 0.15) is 0 Å². The zero-order valence-electron chi connectivity index (χ0n) is 20.0. The molecule has 2 heterocycles. The maximum absolute atomic E-state index is 13.1. The number of carbonyl (C=O) groups is 1. The van der Waals surface area contributed by atoms with Crippen LogP contribution in [0.4, 0.5) is 17.1 Å². The van der Waals surface area contributed by atoms with Crippen molar-refractivity contribution >= 4 is 44.3 Å². The van der Waals surface area contributed by atoms with Gasteiger partial charge in [0.15, 0.2) is 0 Å². The summed E-state index contributed by atoms with van der Waals surface area (Å²) in [5.74, 6) is -0.253. The number of anilines is 3. The Morgan fingerprint density at radius 3 is 2.36 bits per heavy atom. The Morgan fingerprint density at radius 2 is 1.67 bits per heavy atom. The van der Waals surface area contributed by atoms with Gasteiger partial charge in [-0.3, -0.25) is 14.4 Å². The highest BCUT2D eigenvalue weighted by atomic mass is 32.2. The van der Waals surface area contributed by atoms with Crippen LogP contribution in [0.15, 0.2) is 72.8 Å². The molecule has 0 unspecified atom stereocenters. The predicted molar refractivity (Wildman–Crippen MR) is 143 cm³/mol. The summed E-state index contributed by atoms with van der Waals surface area (Å²) in [4.78, 5) is 15.5. The molecule has 186 valence electrons. The summed E-state index contributed by atoms with van der Waals surface area (Å²) < 4.78 is 31.5. The number of sulfonamides is 1. The van der Waals surface area contributed by atoms with Crippen molar-refractivity contribution in [1.29, 1.82) is 0 Å². The minimum absolute atomic E-state index is 0.253. The van der Waals surface area contributed by atoms with Crippen LogP contribution in [0.1, 0.15) is 16.7 Å². The van der Waals surface area contributed by atoms with Gasteiger partial charge in [-0.1, -0.05) is 42.5 Å². The first-order chi connectivity index (χ1) is 17.4. The first kappa shape index (κ1) is 24.1. The van der Waals surface area contributed by atoms with E-state index in [1.54, 1.807) is 18.2 Å². The summed E-state index contributed by atoms with van der Waals surface area (Å²) in [7, 11) is -3.46. The molecular weight excluding hydrogens is 476 g/mol. The topological polar surface area (TPSA) is 99.8 Å². The first-order valence-electron chi connectivity index (χ1n) is 11.7. The number of rotatable bonds is 7. The van der Waals surface area contributed by atoms with Gasteiger partial charge >= 0.3 is 0 Å². The Bertz CT molecular complexity index is 1400. The summed E-state index contributed by atoms with van der Waals surface area (Å²) in [6, 6.07) is 22.8. The zero-order chi connectivity index (χ0) is 25.1. The van der Waals surface area contributed by atoms with Gasteiger partial charge in [-0.05, 0) is 41.5 Å². The fourth-order valence-corrected chi connectivity index (χ4v) is 4.99. The van der Waals surface area contributed by atoms with Gasteiger partial charge in [-0.25, -0.2) is 8.42 Å². The van der Waals surface area contributed by atoms with Gasteiger partial charge in [0.25, 0.3) is 5.91 Å². The highest BCUT2D eigenvalue weighted by Gasteiger charge is 2.29. The standard InChI is InChI=1S/C27H28N4O4S/c1-36(33,34)30-22-11-12-24-23(17-22)25(27(32)29-24)26(20-5-3-2-4-6-20)28-21-9-7-19(8-10-21)18-31-13-15-35-16-14-31/h2-12,17,28,30H,13-16,18H2,1H3,(H,29,32)/b26-25+. The van der Waals surface area contributed by atoms with Gasteiger partial charge in [0.05, 0.1) is 30.7 Å². The van der Waals surface area contributed by atoms with Gasteiger partial charge in [0.2, 0.25) is 10.0 Å². The molecule has 0 bridgehead atoms. The van der Waals surface area contributed by atoms with E-state index in [0.29, 0.717) is 28.2 Å². The summed E-state index contributed by atoms with van der Waals surface area (Å²) in [5, 5.41) is 6.35. The second kappa shape index (κ2) is 10.1. The average Bonchev–Trinajstić information content (AvgIpc) is 3.18. The Hall–Kier alpha value is -3.66. The number of nitrogens with one attached hydrogen (secondary N) is 3. The maximum Gasteiger partial charge on any atom is 0.258 e. The van der Waals surface area contributed by atoms with E-state index < -0.39 is 10.0 Å². The van der Waals surface area contributed by atoms with Crippen molar-refractivity contribution in [2.75, 3.05) is 47.9 Å². The molecule has 0 atom stereocenters. The van der Waals surface area contributed by atoms with E-state index in [1.807, 2.05) is 42.5 Å². The molecule has 5 rings (SSSR count). The molecule has 1 amide bonds. The number of hydrogen-bond donors (Lipinski definition) is 3. The Labute approximate surface area is 211 Å². The Morgan fingerprint density at radius 1 is 0.972 bits per heavy atom. The molecule has 0 spiro atoms. The molecule has 2 aliphatic rings. The minimum atomic E-state index is -3.46. The summed E-state index contributed by atoms with van der Waals surface area (Å²) >= 11 is 0. The molecule has 0 radical (unpaired) electrons. The molecule has 0 aromatic heterocycles. The molecule has 2 aliphatic heterocycles. The van der Waals surface area contributed by atoms with Gasteiger partial charge in [0, 0.05) is 42.3 Å². The third-order valence-corrected chi connectivity index (χ3v) is 6.72. The van der Waals surface area contributed by atoms with Crippen LogP contribution in [0.25, 0.3) is 11.3 Å². The first-order valence-corrected chi connectivity index (χ1v) is 13.6. The number of benzene rings is 3. The molecule has 1 saturated heterocycles. The summed E-state index contributed by atoms with van der Waals surface area (Å²) in [6.07, 6.45) is 1.10. The van der Waals surface area contributed by atoms with Crippen molar-refractivity contribution < 1.29 is 17.9 Å². The highest BCUT2D eigenvalue weighted by molar-refractivity contribution is 7.92. The molecule has 3 aromatic carbocycles. The van der Waals surface area contributed by atoms with Crippen LogP contribution in [0.3, 0.4) is 0 Å². The smallest absolute Gasteiger partial charge is 0.258 e. The van der Waals surface area contributed by atoms with Crippen LogP contribution in [-0.4, -0.2) is 51.8 Å². The van der Waals surface area contributed by atoms with Crippen LogP contribution in [0.2, 0.25) is 0 Å². The van der Waals surface area contributed by atoms with Crippen molar-refractivity contribution in [3.8, 4) is 0 Å². The summed E-state index contributed by atoms with van der Waals surface area (Å²) in [5.41, 5.74) is 5.64. The van der Waals surface area contributed by atoms with Gasteiger partial charge in [-0.15, -0.1) is 0 Å². The Kier molecular flexibility index (Phi) is 6.77. The molecule has 0 saturated carbocycles. The predicted octanol–water partition coefficient (Wildman–Crippen LogP) is 3.82. The molecule has 8 nitrogen and oxygen atoms in total. The van der Waals surface area contributed by atoms with Crippen molar-refractivity contribution in [3.05, 3.63) is 89.5 Å². The molecule has 3 N–H and O–H groups in total. The quantitative estimate of drug-likeness (QED) is 0.423. The SMILES string of the molecule is CS(=O)(=O)Nc1ccc2c(c1)/C(=C(\Nc1ccc(CN3CCOCC3)cc1)c1ccccc1)C(=O)N2. The van der Waals surface area contributed by atoms with E-state index in [0.717, 1.165) is 50.4 Å². The van der Waals surface area contributed by atoms with E-state index in [9.17, 15) is 13.2 Å². The van der Waals surface area contributed by atoms with Gasteiger partial charge < -0.3 is 15.4 Å². The van der Waals surface area contributed by atoms with Crippen LogP contribution in [0.5, 0.6) is 0 Å². The number of carbonyl (C=O) groups excluding carboxylic acids is 1. The molecule has 36 heavy (non-hydrogen) atoms. The lowest BCUT2D eigenvalue weighted by atomic mass is 9.99. The number of hydrogen-bond acceptors (Lipinski definition) is 6.